The number of phenols is 3. The van der Waals surface area contributed by atoms with Gasteiger partial charge in [-0.25, -0.2) is 0 Å². The topological polar surface area (TPSA) is 216 Å². The Morgan fingerprint density at radius 3 is 2.57 bits per heavy atom. The number of aromatic nitrogens is 2. The number of nitrogens with one attached hydrogen (secondary N) is 2. The number of H-pyrrole nitrogens is 1. The van der Waals surface area contributed by atoms with Crippen LogP contribution in [0.2, 0.25) is 0 Å². The fourth-order valence-electron chi connectivity index (χ4n) is 21.8. The number of ether oxygens (including phenoxy) is 3. The normalized spacial score (nSPS) is 31.5. The first-order valence-corrected chi connectivity index (χ1v) is 37.3. The number of fused-ring (bicyclic) bond motifs is 6. The fourth-order valence-corrected chi connectivity index (χ4v) is 21.8. The number of methoxy groups -OCH3 is 1. The number of aromatic amines is 1. The van der Waals surface area contributed by atoms with Gasteiger partial charge < -0.3 is 59.5 Å². The number of carbonyl (C=O) groups excluding carboxylic acids is 3. The van der Waals surface area contributed by atoms with Crippen LogP contribution in [0.1, 0.15) is 197 Å². The molecule has 3 spiro atoms. The molecule has 3 saturated carbocycles. The lowest BCUT2D eigenvalue weighted by molar-refractivity contribution is -0.148. The van der Waals surface area contributed by atoms with Crippen molar-refractivity contribution in [2.45, 2.75) is 171 Å². The molecule has 14 atom stereocenters. The van der Waals surface area contributed by atoms with Crippen LogP contribution in [0, 0.1) is 57.7 Å². The van der Waals surface area contributed by atoms with Crippen LogP contribution in [0.25, 0.3) is 10.8 Å². The van der Waals surface area contributed by atoms with Gasteiger partial charge in [0, 0.05) is 128 Å². The number of rotatable bonds is 8. The lowest BCUT2D eigenvalue weighted by atomic mass is 9.53. The highest BCUT2D eigenvalue weighted by Gasteiger charge is 2.64. The Bertz CT molecular complexity index is 4600. The number of allylic oxidation sites excluding steroid dienone is 10. The number of phenolic OH excluding ortho intramolecular Hbond substituents is 3. The van der Waals surface area contributed by atoms with Crippen LogP contribution >= 0.6 is 0 Å². The minimum absolute atomic E-state index is 0.00269. The minimum atomic E-state index is -0.884. The van der Waals surface area contributed by atoms with Gasteiger partial charge in [0.1, 0.15) is 40.7 Å². The summed E-state index contributed by atoms with van der Waals surface area (Å²) < 4.78 is 21.5. The van der Waals surface area contributed by atoms with E-state index in [1.165, 1.54) is 25.7 Å². The third kappa shape index (κ3) is 11.1. The maximum absolute atomic E-state index is 16.2. The Labute approximate surface area is 590 Å². The van der Waals surface area contributed by atoms with Crippen LogP contribution in [-0.4, -0.2) is 85.5 Å². The number of carbonyl (C=O) groups is 3. The molecule has 18 rings (SSSR count). The van der Waals surface area contributed by atoms with Crippen LogP contribution in [0.3, 0.4) is 0 Å². The summed E-state index contributed by atoms with van der Waals surface area (Å²) in [5, 5.41) is 66.1. The van der Waals surface area contributed by atoms with Crippen molar-refractivity contribution in [3.63, 3.8) is 0 Å². The molecule has 8 aliphatic carbocycles. The molecule has 0 amide bonds. The van der Waals surface area contributed by atoms with Gasteiger partial charge in [-0.1, -0.05) is 97.1 Å². The number of aliphatic hydroxyl groups excluding tert-OH is 2. The van der Waals surface area contributed by atoms with Gasteiger partial charge in [0.05, 0.1) is 30.9 Å². The minimum Gasteiger partial charge on any atom is -0.508 e. The lowest BCUT2D eigenvalue weighted by Crippen LogP contribution is -2.41. The Morgan fingerprint density at radius 1 is 0.861 bits per heavy atom. The molecule has 0 saturated heterocycles. The van der Waals surface area contributed by atoms with E-state index in [0.717, 1.165) is 132 Å². The molecule has 3 fully saturated rings. The number of benzene rings is 4. The Balaban J connectivity index is 0.924. The number of aryl methyl sites for hydroxylation is 1. The maximum Gasteiger partial charge on any atom is 0.302 e. The van der Waals surface area contributed by atoms with Gasteiger partial charge in [-0.15, -0.1) is 0 Å². The second kappa shape index (κ2) is 25.8. The van der Waals surface area contributed by atoms with Crippen molar-refractivity contribution in [1.29, 1.82) is 0 Å². The number of ketones is 2. The van der Waals surface area contributed by atoms with Crippen LogP contribution < -0.4 is 19.7 Å². The van der Waals surface area contributed by atoms with E-state index in [0.29, 0.717) is 56.5 Å². The smallest absolute Gasteiger partial charge is 0.302 e. The van der Waals surface area contributed by atoms with Crippen molar-refractivity contribution in [2.75, 3.05) is 31.7 Å². The molecule has 14 unspecified atom stereocenters. The van der Waals surface area contributed by atoms with Crippen molar-refractivity contribution in [1.82, 2.24) is 14.9 Å². The van der Waals surface area contributed by atoms with Crippen LogP contribution in [0.15, 0.2) is 157 Å². The zero-order valence-corrected chi connectivity index (χ0v) is 57.8. The highest BCUT2D eigenvalue weighted by molar-refractivity contribution is 6.01. The standard InChI is InChI=1S/C86H92N4O11/c1-50(92)100-63-26-30-86-58-12-6-13-59(86)15-8-18-71(86)68-46-87-45-67(68)65(17-7-14-58)79(55-11-5-16-60(93)38-55)56-27-33-88-78(41-56)89(34-28-75(96)53-9-3-4-10-53)73-24-21-66-80-69(73)47-90-74(44-62(95)42-63)57-39-76(97)82(77(40-57)99-2)101-64-37-51(36-61(94)43-64)19-20-52(48-91)35-54-25-29-84-31-32-85(49-84,83(66)98)72(81(80)90)23-22-70(54)84/h5-6,8,11-13,16,18,21-24,27,36-41,43,45-47,52-54,59,63,65,70-72,74,79,83,87-88,91,93-94,97-98H,3-4,9-10,14-15,19-20,25-26,28-35,42,44,48-49H2,1-2H3. The van der Waals surface area contributed by atoms with Gasteiger partial charge in [-0.3, -0.25) is 14.4 Å². The zero-order valence-electron chi connectivity index (χ0n) is 57.8. The first-order chi connectivity index (χ1) is 49.1. The molecule has 101 heavy (non-hydrogen) atoms. The van der Waals surface area contributed by atoms with Gasteiger partial charge >= 0.3 is 5.97 Å². The molecule has 4 aromatic carbocycles. The number of aromatic hydroxyl groups is 3. The third-order valence-electron chi connectivity index (χ3n) is 26.3. The molecular weight excluding hydrogens is 1260 g/mol. The van der Waals surface area contributed by atoms with E-state index in [2.05, 4.69) is 123 Å². The highest BCUT2D eigenvalue weighted by Crippen LogP contribution is 2.73. The third-order valence-corrected chi connectivity index (χ3v) is 26.3. The molecule has 7 N–H and O–H groups in total. The van der Waals surface area contributed by atoms with Crippen molar-refractivity contribution >= 4 is 34.0 Å². The van der Waals surface area contributed by atoms with E-state index in [9.17, 15) is 35.1 Å². The Hall–Kier alpha value is -8.97. The molecule has 2 aromatic heterocycles. The van der Waals surface area contributed by atoms with Crippen LogP contribution in [0.4, 0.5) is 5.69 Å². The van der Waals surface area contributed by atoms with Crippen LogP contribution in [-0.2, 0) is 25.5 Å². The number of nitrogens with zero attached hydrogens (tertiary/aromatic N) is 2. The highest BCUT2D eigenvalue weighted by atomic mass is 16.5. The largest absolute Gasteiger partial charge is 0.508 e. The van der Waals surface area contributed by atoms with Gasteiger partial charge in [0.2, 0.25) is 5.75 Å². The zero-order chi connectivity index (χ0) is 69.1. The van der Waals surface area contributed by atoms with E-state index in [1.807, 2.05) is 24.3 Å². The Kier molecular flexibility index (Phi) is 16.7. The SMILES string of the molecule is COc1cc2cc(O)c1Oc1cc(O)cc(c1)CCC(CO)CC1CCC34CCC5(C3)C(O)c3ccc6c7cn(c(c37)C5C=CC14)C2CC(=O)CC(OC(C)=O)CCC12C3=CC=CC1CC=CC2c1c[nH]cc1C(C#CC3)C(c1cccc(O)c1)C1=CCNC(=C1)N6CCC(=O)C1CCCC1. The summed E-state index contributed by atoms with van der Waals surface area (Å²) in [7, 11) is 1.52. The summed E-state index contributed by atoms with van der Waals surface area (Å²) >= 11 is 0. The molecule has 6 heterocycles. The molecule has 4 aliphatic heterocycles. The summed E-state index contributed by atoms with van der Waals surface area (Å²) in [6.45, 7) is 2.19. The van der Waals surface area contributed by atoms with E-state index in [4.69, 9.17) is 14.2 Å². The molecule has 12 aliphatic rings. The average Bonchev–Trinajstić information content (AvgIpc) is 1.53. The number of anilines is 1. The second-order valence-corrected chi connectivity index (χ2v) is 31.6. The molecular formula is C86H92N4O11. The monoisotopic (exact) mass is 1360 g/mol. The van der Waals surface area contributed by atoms with Gasteiger partial charge in [-0.2, -0.15) is 0 Å². The molecule has 0 radical (unpaired) electrons. The summed E-state index contributed by atoms with van der Waals surface area (Å²) in [5.74, 6) is 7.56. The lowest BCUT2D eigenvalue weighted by Gasteiger charge is -2.50. The molecule has 15 nitrogen and oxygen atoms in total. The quantitative estimate of drug-likeness (QED) is 0.0429. The summed E-state index contributed by atoms with van der Waals surface area (Å²) in [6.07, 6.45) is 38.0. The van der Waals surface area contributed by atoms with Crippen LogP contribution in [0.5, 0.6) is 34.5 Å². The molecule has 14 bridgehead atoms. The number of Topliss-reactive ketones (excluding diaryl/α,β-unsaturated/α-hetero) is 2. The van der Waals surface area contributed by atoms with E-state index >= 15 is 4.79 Å². The summed E-state index contributed by atoms with van der Waals surface area (Å²) in [6, 6.07) is 19.6. The molecule has 522 valence electrons. The predicted octanol–water partition coefficient (Wildman–Crippen LogP) is 15.8. The number of hydrogen-bond donors (Lipinski definition) is 7. The van der Waals surface area contributed by atoms with Gasteiger partial charge in [0.15, 0.2) is 11.5 Å². The number of aliphatic hydroxyl groups is 2. The van der Waals surface area contributed by atoms with E-state index in [1.54, 1.807) is 18.2 Å². The van der Waals surface area contributed by atoms with Crippen molar-refractivity contribution in [3.05, 3.63) is 196 Å². The number of dihydropyridines is 1. The van der Waals surface area contributed by atoms with Gasteiger partial charge in [-0.05, 0) is 200 Å². The average molecular weight is 1360 g/mol. The van der Waals surface area contributed by atoms with Crippen molar-refractivity contribution in [2.24, 2.45) is 45.8 Å². The summed E-state index contributed by atoms with van der Waals surface area (Å²) in [4.78, 5) is 50.5. The number of hydrogen-bond acceptors (Lipinski definition) is 13. The van der Waals surface area contributed by atoms with E-state index in [-0.39, 0.29) is 113 Å². The molecule has 15 heteroatoms. The molecule has 6 aromatic rings. The van der Waals surface area contributed by atoms with Crippen molar-refractivity contribution < 1.29 is 54.1 Å². The predicted molar refractivity (Wildman–Crippen MR) is 387 cm³/mol. The summed E-state index contributed by atoms with van der Waals surface area (Å²) in [5.41, 5.74) is 7.86. The maximum atomic E-state index is 16.2. The van der Waals surface area contributed by atoms with Gasteiger partial charge in [0.25, 0.3) is 0 Å². The second-order valence-electron chi connectivity index (χ2n) is 31.6. The van der Waals surface area contributed by atoms with Crippen molar-refractivity contribution in [3.8, 4) is 46.3 Å². The fraction of sp³-hybridized carbons (Fsp3) is 0.453. The number of esters is 1. The Morgan fingerprint density at radius 2 is 1.73 bits per heavy atom. The van der Waals surface area contributed by atoms with E-state index < -0.39 is 46.9 Å². The first kappa shape index (κ1) is 65.3. The first-order valence-electron chi connectivity index (χ1n) is 37.3.